The fraction of sp³-hybridized carbons (Fsp3) is 1.00. The fourth-order valence-corrected chi connectivity index (χ4v) is 10.4. The molecule has 0 aliphatic carbocycles. The summed E-state index contributed by atoms with van der Waals surface area (Å²) in [5.74, 6) is 0. The van der Waals surface area contributed by atoms with E-state index in [1.807, 2.05) is 0 Å². The zero-order chi connectivity index (χ0) is 16.8. The molecule has 0 radical (unpaired) electrons. The van der Waals surface area contributed by atoms with Crippen molar-refractivity contribution < 1.29 is 22.4 Å². The monoisotopic (exact) mass is 364 g/mol. The van der Waals surface area contributed by atoms with Gasteiger partial charge in [0.25, 0.3) is 0 Å². The predicted octanol–water partition coefficient (Wildman–Crippen LogP) is 0.183. The third kappa shape index (κ3) is 6.18. The largest absolute Gasteiger partial charge is 0.413 e. The van der Waals surface area contributed by atoms with Crippen LogP contribution in [-0.4, -0.2) is 106 Å². The van der Waals surface area contributed by atoms with Gasteiger partial charge in [-0.05, 0) is 13.1 Å². The first kappa shape index (κ1) is 19.5. The van der Waals surface area contributed by atoms with Gasteiger partial charge in [-0.2, -0.15) is 0 Å². The number of morpholine rings is 2. The molecule has 0 N–H and O–H groups in total. The van der Waals surface area contributed by atoms with Gasteiger partial charge in [-0.3, -0.25) is 9.80 Å². The van der Waals surface area contributed by atoms with Gasteiger partial charge < -0.3 is 22.4 Å². The molecule has 0 aromatic carbocycles. The second kappa shape index (κ2) is 9.02. The summed E-state index contributed by atoms with van der Waals surface area (Å²) in [5, 5.41) is 0. The van der Waals surface area contributed by atoms with Gasteiger partial charge >= 0.3 is 17.1 Å². The van der Waals surface area contributed by atoms with E-state index >= 15 is 0 Å². The lowest BCUT2D eigenvalue weighted by atomic mass is 10.5. The van der Waals surface area contributed by atoms with Crippen molar-refractivity contribution in [2.75, 3.05) is 79.2 Å². The molecule has 2 atom stereocenters. The van der Waals surface area contributed by atoms with Crippen LogP contribution < -0.4 is 0 Å². The van der Waals surface area contributed by atoms with Gasteiger partial charge in [-0.1, -0.05) is 0 Å². The van der Waals surface area contributed by atoms with Crippen molar-refractivity contribution in [3.05, 3.63) is 0 Å². The highest BCUT2D eigenvalue weighted by Crippen LogP contribution is 2.19. The number of rotatable bonds is 8. The molecule has 23 heavy (non-hydrogen) atoms. The standard InChI is InChI=1S/C14H32N2O5Si2/c1-17-22(3,13-15-5-9-19-10-6-15)21-23(4,18-2)14-16-7-11-20-12-8-16/h5-14H2,1-4H3. The Morgan fingerprint density at radius 1 is 0.739 bits per heavy atom. The number of nitrogens with zero attached hydrogens (tertiary/aromatic N) is 2. The molecule has 0 bridgehead atoms. The highest BCUT2D eigenvalue weighted by atomic mass is 28.5. The van der Waals surface area contributed by atoms with Crippen LogP contribution in [0.5, 0.6) is 0 Å². The van der Waals surface area contributed by atoms with E-state index in [2.05, 4.69) is 22.9 Å². The maximum atomic E-state index is 6.60. The van der Waals surface area contributed by atoms with Crippen molar-refractivity contribution in [3.8, 4) is 0 Å². The second-order valence-corrected chi connectivity index (χ2v) is 13.4. The van der Waals surface area contributed by atoms with Crippen LogP contribution in [0.15, 0.2) is 0 Å². The van der Waals surface area contributed by atoms with Gasteiger partial charge in [-0.15, -0.1) is 0 Å². The second-order valence-electron chi connectivity index (χ2n) is 6.55. The molecule has 2 rings (SSSR count). The average molecular weight is 365 g/mol. The van der Waals surface area contributed by atoms with E-state index in [-0.39, 0.29) is 0 Å². The van der Waals surface area contributed by atoms with E-state index in [9.17, 15) is 0 Å². The minimum Gasteiger partial charge on any atom is -0.413 e. The van der Waals surface area contributed by atoms with Crippen LogP contribution in [0.3, 0.4) is 0 Å². The molecular formula is C14H32N2O5Si2. The van der Waals surface area contributed by atoms with E-state index in [0.29, 0.717) is 0 Å². The molecule has 2 unspecified atom stereocenters. The van der Waals surface area contributed by atoms with E-state index < -0.39 is 17.1 Å². The molecule has 2 aliphatic rings. The lowest BCUT2D eigenvalue weighted by molar-refractivity contribution is 0.0375. The summed E-state index contributed by atoms with van der Waals surface area (Å²) in [6, 6.07) is 0. The molecule has 136 valence electrons. The fourth-order valence-electron chi connectivity index (χ4n) is 3.06. The van der Waals surface area contributed by atoms with E-state index in [1.54, 1.807) is 14.2 Å². The maximum Gasteiger partial charge on any atom is 0.340 e. The Balaban J connectivity index is 1.94. The Bertz CT molecular complexity index is 324. The molecule has 7 nitrogen and oxygen atoms in total. The Kier molecular flexibility index (Phi) is 7.64. The number of ether oxygens (including phenoxy) is 2. The molecule has 2 aliphatic heterocycles. The molecule has 0 aromatic heterocycles. The SMILES string of the molecule is CO[Si](C)(CN1CCOCC1)O[Si](C)(CN1CCOCC1)OC. The molecule has 0 saturated carbocycles. The minimum atomic E-state index is -2.30. The van der Waals surface area contributed by atoms with Crippen LogP contribution in [-0.2, 0) is 22.4 Å². The van der Waals surface area contributed by atoms with Crippen LogP contribution >= 0.6 is 0 Å². The van der Waals surface area contributed by atoms with Gasteiger partial charge in [0.05, 0.1) is 26.4 Å². The van der Waals surface area contributed by atoms with Crippen molar-refractivity contribution in [2.45, 2.75) is 13.1 Å². The molecular weight excluding hydrogens is 332 g/mol. The van der Waals surface area contributed by atoms with Crippen molar-refractivity contribution >= 4 is 17.1 Å². The summed E-state index contributed by atoms with van der Waals surface area (Å²) < 4.78 is 29.2. The maximum absolute atomic E-state index is 6.60. The highest BCUT2D eigenvalue weighted by Gasteiger charge is 2.44. The van der Waals surface area contributed by atoms with Crippen molar-refractivity contribution in [3.63, 3.8) is 0 Å². The Morgan fingerprint density at radius 2 is 1.09 bits per heavy atom. The van der Waals surface area contributed by atoms with Gasteiger partial charge in [-0.25, -0.2) is 0 Å². The summed E-state index contributed by atoms with van der Waals surface area (Å²) in [5.41, 5.74) is 0. The minimum absolute atomic E-state index is 0.793. The topological polar surface area (TPSA) is 52.6 Å². The van der Waals surface area contributed by atoms with Crippen LogP contribution in [0.4, 0.5) is 0 Å². The van der Waals surface area contributed by atoms with Crippen molar-refractivity contribution in [2.24, 2.45) is 0 Å². The zero-order valence-corrected chi connectivity index (χ0v) is 17.0. The molecule has 2 heterocycles. The summed E-state index contributed by atoms with van der Waals surface area (Å²) in [7, 11) is -1.07. The van der Waals surface area contributed by atoms with Crippen molar-refractivity contribution in [1.29, 1.82) is 0 Å². The smallest absolute Gasteiger partial charge is 0.340 e. The van der Waals surface area contributed by atoms with Crippen LogP contribution in [0, 0.1) is 0 Å². The molecule has 0 aromatic rings. The molecule has 9 heteroatoms. The summed E-state index contributed by atoms with van der Waals surface area (Å²) in [6.45, 7) is 11.3. The zero-order valence-electron chi connectivity index (χ0n) is 15.0. The third-order valence-corrected chi connectivity index (χ3v) is 11.7. The van der Waals surface area contributed by atoms with Crippen LogP contribution in [0.25, 0.3) is 0 Å². The highest BCUT2D eigenvalue weighted by molar-refractivity contribution is 6.80. The number of hydrogen-bond acceptors (Lipinski definition) is 7. The Morgan fingerprint density at radius 3 is 1.39 bits per heavy atom. The average Bonchev–Trinajstić information content (AvgIpc) is 2.56. The van der Waals surface area contributed by atoms with Gasteiger partial charge in [0.1, 0.15) is 0 Å². The van der Waals surface area contributed by atoms with Gasteiger partial charge in [0, 0.05) is 52.7 Å². The Hall–Kier alpha value is 0.154. The Labute approximate surface area is 142 Å². The third-order valence-electron chi connectivity index (χ3n) is 4.52. The van der Waals surface area contributed by atoms with Gasteiger partial charge in [0.2, 0.25) is 0 Å². The summed E-state index contributed by atoms with van der Waals surface area (Å²) in [4.78, 5) is 4.77. The first-order valence-corrected chi connectivity index (χ1v) is 13.4. The first-order chi connectivity index (χ1) is 11.0. The summed E-state index contributed by atoms with van der Waals surface area (Å²) >= 11 is 0. The normalized spacial score (nSPS) is 26.6. The van der Waals surface area contributed by atoms with Crippen LogP contribution in [0.2, 0.25) is 13.1 Å². The van der Waals surface area contributed by atoms with Crippen molar-refractivity contribution in [1.82, 2.24) is 9.80 Å². The molecule has 2 saturated heterocycles. The quantitative estimate of drug-likeness (QED) is 0.570. The molecule has 2 fully saturated rings. The lowest BCUT2D eigenvalue weighted by Crippen LogP contribution is -2.62. The number of hydrogen-bond donors (Lipinski definition) is 0. The predicted molar refractivity (Wildman–Crippen MR) is 92.9 cm³/mol. The van der Waals surface area contributed by atoms with E-state index in [4.69, 9.17) is 22.4 Å². The first-order valence-electron chi connectivity index (χ1n) is 8.39. The van der Waals surface area contributed by atoms with E-state index in [0.717, 1.165) is 64.9 Å². The molecule has 0 amide bonds. The lowest BCUT2D eigenvalue weighted by Gasteiger charge is -2.41. The van der Waals surface area contributed by atoms with Crippen LogP contribution in [0.1, 0.15) is 0 Å². The van der Waals surface area contributed by atoms with E-state index in [1.165, 1.54) is 0 Å². The summed E-state index contributed by atoms with van der Waals surface area (Å²) in [6.07, 6.45) is 1.73. The van der Waals surface area contributed by atoms with Gasteiger partial charge in [0.15, 0.2) is 0 Å². The molecule has 0 spiro atoms.